The maximum Gasteiger partial charge on any atom is 0.325 e. The van der Waals surface area contributed by atoms with Crippen LogP contribution in [0.4, 0.5) is 4.79 Å². The largest absolute Gasteiger partial charge is 0.351 e. The van der Waals surface area contributed by atoms with Crippen LogP contribution in [0, 0.1) is 5.92 Å². The van der Waals surface area contributed by atoms with Gasteiger partial charge in [0, 0.05) is 13.1 Å². The molecule has 7 nitrogen and oxygen atoms in total. The lowest BCUT2D eigenvalue weighted by Gasteiger charge is -2.36. The molecule has 4 amide bonds. The SMILES string of the molecule is CC1CCCCC12NC(=O)N(CC(=O)NCC1=CCNCC1)C2=O.Cl. The maximum absolute atomic E-state index is 12.8. The average Bonchev–Trinajstić information content (AvgIpc) is 2.82. The van der Waals surface area contributed by atoms with Crippen LogP contribution in [0.3, 0.4) is 0 Å². The Hall–Kier alpha value is -1.60. The summed E-state index contributed by atoms with van der Waals surface area (Å²) in [6, 6.07) is -0.440. The molecule has 3 aliphatic rings. The zero-order valence-electron chi connectivity index (χ0n) is 14.6. The smallest absolute Gasteiger partial charge is 0.325 e. The van der Waals surface area contributed by atoms with Crippen LogP contribution in [0.25, 0.3) is 0 Å². The first kappa shape index (κ1) is 19.7. The third-order valence-electron chi connectivity index (χ3n) is 5.47. The molecule has 0 radical (unpaired) electrons. The van der Waals surface area contributed by atoms with E-state index in [1.165, 1.54) is 5.57 Å². The third kappa shape index (κ3) is 3.98. The molecule has 2 unspecified atom stereocenters. The molecule has 3 N–H and O–H groups in total. The highest BCUT2D eigenvalue weighted by molar-refractivity contribution is 6.09. The predicted molar refractivity (Wildman–Crippen MR) is 96.4 cm³/mol. The van der Waals surface area contributed by atoms with Crippen LogP contribution in [-0.4, -0.2) is 54.5 Å². The fraction of sp³-hybridized carbons (Fsp3) is 0.706. The van der Waals surface area contributed by atoms with E-state index in [9.17, 15) is 14.4 Å². The van der Waals surface area contributed by atoms with Crippen LogP contribution in [-0.2, 0) is 9.59 Å². The van der Waals surface area contributed by atoms with E-state index in [1.807, 2.05) is 6.92 Å². The van der Waals surface area contributed by atoms with Crippen LogP contribution in [0.5, 0.6) is 0 Å². The first-order valence-corrected chi connectivity index (χ1v) is 8.82. The van der Waals surface area contributed by atoms with E-state index < -0.39 is 11.6 Å². The molecule has 140 valence electrons. The zero-order chi connectivity index (χ0) is 17.2. The van der Waals surface area contributed by atoms with Gasteiger partial charge in [-0.2, -0.15) is 0 Å². The Labute approximate surface area is 154 Å². The number of carbonyl (C=O) groups is 3. The highest BCUT2D eigenvalue weighted by Crippen LogP contribution is 2.38. The van der Waals surface area contributed by atoms with E-state index in [4.69, 9.17) is 0 Å². The number of nitrogens with zero attached hydrogens (tertiary/aromatic N) is 1. The second kappa shape index (κ2) is 8.19. The second-order valence-corrected chi connectivity index (χ2v) is 7.03. The Bertz CT molecular complexity index is 580. The fourth-order valence-electron chi connectivity index (χ4n) is 3.88. The molecule has 2 atom stereocenters. The number of amides is 4. The minimum absolute atomic E-state index is 0. The van der Waals surface area contributed by atoms with Gasteiger partial charge in [0.15, 0.2) is 0 Å². The quantitative estimate of drug-likeness (QED) is 0.507. The molecule has 1 spiro atoms. The van der Waals surface area contributed by atoms with Gasteiger partial charge >= 0.3 is 6.03 Å². The summed E-state index contributed by atoms with van der Waals surface area (Å²) in [5.41, 5.74) is 0.379. The normalized spacial score (nSPS) is 29.1. The lowest BCUT2D eigenvalue weighted by Crippen LogP contribution is -2.54. The molecule has 1 saturated carbocycles. The summed E-state index contributed by atoms with van der Waals surface area (Å²) >= 11 is 0. The van der Waals surface area contributed by atoms with E-state index in [0.717, 1.165) is 43.7 Å². The molecule has 0 bridgehead atoms. The topological polar surface area (TPSA) is 90.5 Å². The highest BCUT2D eigenvalue weighted by Gasteiger charge is 2.55. The van der Waals surface area contributed by atoms with Gasteiger partial charge in [-0.3, -0.25) is 14.5 Å². The number of halogens is 1. The molecular weight excluding hydrogens is 344 g/mol. The summed E-state index contributed by atoms with van der Waals surface area (Å²) in [7, 11) is 0. The average molecular weight is 371 g/mol. The first-order chi connectivity index (χ1) is 11.5. The lowest BCUT2D eigenvalue weighted by molar-refractivity contribution is -0.137. The van der Waals surface area contributed by atoms with Crippen molar-refractivity contribution < 1.29 is 14.4 Å². The standard InChI is InChI=1S/C17H26N4O3.ClH/c1-12-4-2-3-7-17(12)15(23)21(16(24)20-17)11-14(22)19-10-13-5-8-18-9-6-13;/h5,12,18H,2-4,6-11H2,1H3,(H,19,22)(H,20,24);1H. The van der Waals surface area contributed by atoms with Crippen molar-refractivity contribution >= 4 is 30.3 Å². The molecule has 0 aromatic rings. The molecule has 25 heavy (non-hydrogen) atoms. The Morgan fingerprint density at radius 1 is 1.40 bits per heavy atom. The Balaban J connectivity index is 0.00000225. The van der Waals surface area contributed by atoms with E-state index in [0.29, 0.717) is 13.0 Å². The van der Waals surface area contributed by atoms with E-state index in [2.05, 4.69) is 22.0 Å². The minimum atomic E-state index is -0.798. The molecule has 2 heterocycles. The molecule has 2 aliphatic heterocycles. The van der Waals surface area contributed by atoms with E-state index >= 15 is 0 Å². The first-order valence-electron chi connectivity index (χ1n) is 8.82. The van der Waals surface area contributed by atoms with Gasteiger partial charge in [-0.25, -0.2) is 4.79 Å². The van der Waals surface area contributed by atoms with Crippen molar-refractivity contribution in [3.63, 3.8) is 0 Å². The number of imide groups is 1. The summed E-state index contributed by atoms with van der Waals surface area (Å²) in [6.45, 7) is 4.01. The minimum Gasteiger partial charge on any atom is -0.351 e. The molecule has 1 saturated heterocycles. The van der Waals surface area contributed by atoms with Gasteiger partial charge in [-0.1, -0.05) is 31.4 Å². The monoisotopic (exact) mass is 370 g/mol. The molecule has 0 aromatic carbocycles. The van der Waals surface area contributed by atoms with Gasteiger partial charge in [0.05, 0.1) is 0 Å². The molecule has 2 fully saturated rings. The van der Waals surface area contributed by atoms with Gasteiger partial charge in [-0.15, -0.1) is 12.4 Å². The molecule has 8 heteroatoms. The Morgan fingerprint density at radius 2 is 2.20 bits per heavy atom. The molecular formula is C17H27ClN4O3. The van der Waals surface area contributed by atoms with Crippen LogP contribution in [0.2, 0.25) is 0 Å². The highest BCUT2D eigenvalue weighted by atomic mass is 35.5. The molecule has 3 rings (SSSR count). The number of hydrogen-bond donors (Lipinski definition) is 3. The summed E-state index contributed by atoms with van der Waals surface area (Å²) < 4.78 is 0. The summed E-state index contributed by atoms with van der Waals surface area (Å²) in [5.74, 6) is -0.426. The predicted octanol–water partition coefficient (Wildman–Crippen LogP) is 0.945. The zero-order valence-corrected chi connectivity index (χ0v) is 15.4. The molecule has 0 aromatic heterocycles. The number of carbonyl (C=O) groups excluding carboxylic acids is 3. The van der Waals surface area contributed by atoms with E-state index in [1.54, 1.807) is 0 Å². The van der Waals surface area contributed by atoms with Gasteiger partial charge in [0.1, 0.15) is 12.1 Å². The summed E-state index contributed by atoms with van der Waals surface area (Å²) in [6.07, 6.45) is 6.57. The number of hydrogen-bond acceptors (Lipinski definition) is 4. The van der Waals surface area contributed by atoms with Gasteiger partial charge in [-0.05, 0) is 31.7 Å². The lowest BCUT2D eigenvalue weighted by atomic mass is 9.73. The summed E-state index contributed by atoms with van der Waals surface area (Å²) in [5, 5.41) is 8.90. The molecule has 1 aliphatic carbocycles. The van der Waals surface area contributed by atoms with Crippen LogP contribution < -0.4 is 16.0 Å². The fourth-order valence-corrected chi connectivity index (χ4v) is 3.88. The van der Waals surface area contributed by atoms with Crippen molar-refractivity contribution in [3.8, 4) is 0 Å². The van der Waals surface area contributed by atoms with Crippen LogP contribution >= 0.6 is 12.4 Å². The van der Waals surface area contributed by atoms with Gasteiger partial charge in [0.25, 0.3) is 5.91 Å². The van der Waals surface area contributed by atoms with Gasteiger partial charge < -0.3 is 16.0 Å². The maximum atomic E-state index is 12.8. The van der Waals surface area contributed by atoms with Crippen molar-refractivity contribution in [1.82, 2.24) is 20.9 Å². The van der Waals surface area contributed by atoms with Crippen molar-refractivity contribution in [2.75, 3.05) is 26.2 Å². The van der Waals surface area contributed by atoms with Crippen molar-refractivity contribution in [3.05, 3.63) is 11.6 Å². The number of rotatable bonds is 4. The Kier molecular flexibility index (Phi) is 6.46. The Morgan fingerprint density at radius 3 is 2.88 bits per heavy atom. The number of urea groups is 1. The summed E-state index contributed by atoms with van der Waals surface area (Å²) in [4.78, 5) is 38.3. The third-order valence-corrected chi connectivity index (χ3v) is 5.47. The number of nitrogens with one attached hydrogen (secondary N) is 3. The van der Waals surface area contributed by atoms with Crippen molar-refractivity contribution in [1.29, 1.82) is 0 Å². The van der Waals surface area contributed by atoms with Crippen LogP contribution in [0.15, 0.2) is 11.6 Å². The van der Waals surface area contributed by atoms with E-state index in [-0.39, 0.29) is 36.7 Å². The van der Waals surface area contributed by atoms with Crippen LogP contribution in [0.1, 0.15) is 39.0 Å². The van der Waals surface area contributed by atoms with Gasteiger partial charge in [0.2, 0.25) is 5.91 Å². The van der Waals surface area contributed by atoms with Crippen molar-refractivity contribution in [2.24, 2.45) is 5.92 Å². The van der Waals surface area contributed by atoms with Crippen molar-refractivity contribution in [2.45, 2.75) is 44.6 Å². The second-order valence-electron chi connectivity index (χ2n) is 7.03.